The van der Waals surface area contributed by atoms with Crippen molar-refractivity contribution in [2.45, 2.75) is 45.4 Å². The molecule has 0 unspecified atom stereocenters. The van der Waals surface area contributed by atoms with Gasteiger partial charge in [-0.15, -0.1) is 20.4 Å². The number of unbranched alkanes of at least 4 members (excludes halogenated alkanes) is 5. The molecule has 8 heteroatoms. The van der Waals surface area contributed by atoms with Gasteiger partial charge in [0.1, 0.15) is 11.5 Å². The van der Waals surface area contributed by atoms with E-state index in [-0.39, 0.29) is 5.75 Å². The minimum Gasteiger partial charge on any atom is -0.508 e. The topological polar surface area (TPSA) is 107 Å². The molecule has 5 rings (SSSR count). The fraction of sp³-hybridized carbons (Fsp3) is 0.250. The van der Waals surface area contributed by atoms with Crippen LogP contribution in [0.4, 0.5) is 0 Å². The number of rotatable bonds is 13. The summed E-state index contributed by atoms with van der Waals surface area (Å²) in [7, 11) is 0. The van der Waals surface area contributed by atoms with E-state index in [9.17, 15) is 5.11 Å². The van der Waals surface area contributed by atoms with E-state index in [2.05, 4.69) is 33.9 Å². The van der Waals surface area contributed by atoms with Crippen molar-refractivity contribution in [1.82, 2.24) is 20.4 Å². The molecule has 0 radical (unpaired) electrons. The average molecular weight is 537 g/mol. The Kier molecular flexibility index (Phi) is 8.66. The molecule has 5 aromatic rings. The van der Waals surface area contributed by atoms with Crippen molar-refractivity contribution < 1.29 is 18.7 Å². The molecule has 3 aromatic carbocycles. The molecule has 40 heavy (non-hydrogen) atoms. The Balaban J connectivity index is 1.24. The summed E-state index contributed by atoms with van der Waals surface area (Å²) >= 11 is 0. The van der Waals surface area contributed by atoms with Crippen molar-refractivity contribution in [1.29, 1.82) is 0 Å². The first-order valence-corrected chi connectivity index (χ1v) is 13.6. The molecule has 0 aliphatic heterocycles. The van der Waals surface area contributed by atoms with E-state index in [0.717, 1.165) is 41.0 Å². The van der Waals surface area contributed by atoms with E-state index in [1.165, 1.54) is 32.1 Å². The van der Waals surface area contributed by atoms with Gasteiger partial charge in [-0.25, -0.2) is 0 Å². The largest absolute Gasteiger partial charge is 0.508 e. The van der Waals surface area contributed by atoms with Crippen molar-refractivity contribution >= 4 is 6.08 Å². The zero-order valence-corrected chi connectivity index (χ0v) is 22.5. The first-order valence-electron chi connectivity index (χ1n) is 13.6. The Bertz CT molecular complexity index is 1540. The summed E-state index contributed by atoms with van der Waals surface area (Å²) in [4.78, 5) is 0. The van der Waals surface area contributed by atoms with Gasteiger partial charge in [0.2, 0.25) is 23.6 Å². The van der Waals surface area contributed by atoms with Gasteiger partial charge < -0.3 is 18.7 Å². The Morgan fingerprint density at radius 1 is 0.700 bits per heavy atom. The fourth-order valence-electron chi connectivity index (χ4n) is 4.33. The van der Waals surface area contributed by atoms with Crippen LogP contribution in [0, 0.1) is 0 Å². The molecule has 0 atom stereocenters. The van der Waals surface area contributed by atoms with Gasteiger partial charge in [0.05, 0.1) is 6.61 Å². The molecule has 2 aromatic heterocycles. The number of benzene rings is 3. The van der Waals surface area contributed by atoms with Gasteiger partial charge in [0, 0.05) is 22.3 Å². The molecule has 2 heterocycles. The smallest absolute Gasteiger partial charge is 0.248 e. The van der Waals surface area contributed by atoms with Gasteiger partial charge in [-0.1, -0.05) is 51.7 Å². The summed E-state index contributed by atoms with van der Waals surface area (Å²) in [6.07, 6.45) is 9.13. The third-order valence-corrected chi connectivity index (χ3v) is 6.58. The summed E-state index contributed by atoms with van der Waals surface area (Å²) in [5.74, 6) is 2.53. The van der Waals surface area contributed by atoms with Gasteiger partial charge in [-0.3, -0.25) is 0 Å². The SMILES string of the molecule is C=Cc1cc(-c2nnc(-c3ccc(OCCCCCCCC)cc3)o2)ccc1-c1nnc(-c2ccc(O)cc2)o1. The molecular weight excluding hydrogens is 504 g/mol. The molecule has 0 saturated heterocycles. The van der Waals surface area contributed by atoms with Gasteiger partial charge in [0.25, 0.3) is 0 Å². The van der Waals surface area contributed by atoms with Crippen molar-refractivity contribution in [2.24, 2.45) is 0 Å². The normalized spacial score (nSPS) is 11.0. The lowest BCUT2D eigenvalue weighted by atomic mass is 10.0. The Hall–Kier alpha value is -4.72. The van der Waals surface area contributed by atoms with Crippen molar-refractivity contribution in [3.63, 3.8) is 0 Å². The third kappa shape index (κ3) is 6.46. The molecule has 0 amide bonds. The quantitative estimate of drug-likeness (QED) is 0.150. The van der Waals surface area contributed by atoms with Crippen LogP contribution in [-0.4, -0.2) is 32.1 Å². The molecule has 0 aliphatic carbocycles. The summed E-state index contributed by atoms with van der Waals surface area (Å²) in [6, 6.07) is 19.9. The number of ether oxygens (including phenoxy) is 1. The lowest BCUT2D eigenvalue weighted by Crippen LogP contribution is -1.97. The number of hydrogen-bond acceptors (Lipinski definition) is 8. The predicted octanol–water partition coefficient (Wildman–Crippen LogP) is 8.21. The van der Waals surface area contributed by atoms with E-state index < -0.39 is 0 Å². The van der Waals surface area contributed by atoms with Crippen LogP contribution in [0.3, 0.4) is 0 Å². The highest BCUT2D eigenvalue weighted by molar-refractivity contribution is 5.75. The Morgan fingerprint density at radius 3 is 1.93 bits per heavy atom. The molecule has 0 fully saturated rings. The first kappa shape index (κ1) is 26.9. The van der Waals surface area contributed by atoms with Gasteiger partial charge >= 0.3 is 0 Å². The fourth-order valence-corrected chi connectivity index (χ4v) is 4.33. The van der Waals surface area contributed by atoms with E-state index in [4.69, 9.17) is 13.6 Å². The monoisotopic (exact) mass is 536 g/mol. The van der Waals surface area contributed by atoms with Crippen LogP contribution in [0.1, 0.15) is 51.0 Å². The van der Waals surface area contributed by atoms with Crippen LogP contribution >= 0.6 is 0 Å². The summed E-state index contributed by atoms with van der Waals surface area (Å²) in [5.41, 5.74) is 3.79. The number of nitrogens with zero attached hydrogens (tertiary/aromatic N) is 4. The van der Waals surface area contributed by atoms with E-state index >= 15 is 0 Å². The second-order valence-electron chi connectivity index (χ2n) is 9.52. The van der Waals surface area contributed by atoms with Gasteiger partial charge in [-0.2, -0.15) is 0 Å². The van der Waals surface area contributed by atoms with Gasteiger partial charge in [0.15, 0.2) is 0 Å². The number of phenols is 1. The maximum Gasteiger partial charge on any atom is 0.248 e. The summed E-state index contributed by atoms with van der Waals surface area (Å²) < 4.78 is 17.8. The highest BCUT2D eigenvalue weighted by atomic mass is 16.5. The van der Waals surface area contributed by atoms with E-state index in [1.54, 1.807) is 30.3 Å². The van der Waals surface area contributed by atoms with E-state index in [1.807, 2.05) is 42.5 Å². The minimum absolute atomic E-state index is 0.169. The van der Waals surface area contributed by atoms with Gasteiger partial charge in [-0.05, 0) is 78.7 Å². The second kappa shape index (κ2) is 12.9. The minimum atomic E-state index is 0.169. The van der Waals surface area contributed by atoms with Crippen molar-refractivity contribution in [3.05, 3.63) is 78.9 Å². The van der Waals surface area contributed by atoms with Crippen LogP contribution in [0.25, 0.3) is 51.9 Å². The zero-order chi connectivity index (χ0) is 27.7. The Labute approximate surface area is 233 Å². The van der Waals surface area contributed by atoms with Crippen LogP contribution in [0.2, 0.25) is 0 Å². The second-order valence-corrected chi connectivity index (χ2v) is 9.52. The van der Waals surface area contributed by atoms with Crippen LogP contribution in [0.15, 0.2) is 82.1 Å². The summed E-state index contributed by atoms with van der Waals surface area (Å²) in [6.45, 7) is 6.89. The van der Waals surface area contributed by atoms with Crippen molar-refractivity contribution in [3.8, 4) is 57.3 Å². The van der Waals surface area contributed by atoms with Crippen molar-refractivity contribution in [2.75, 3.05) is 6.61 Å². The predicted molar refractivity (Wildman–Crippen MR) is 155 cm³/mol. The number of aromatic nitrogens is 4. The number of hydrogen-bond donors (Lipinski definition) is 1. The van der Waals surface area contributed by atoms with E-state index in [0.29, 0.717) is 29.1 Å². The third-order valence-electron chi connectivity index (χ3n) is 6.58. The molecular formula is C32H32N4O4. The molecule has 1 N–H and O–H groups in total. The number of aromatic hydroxyl groups is 1. The Morgan fingerprint density at radius 2 is 1.25 bits per heavy atom. The maximum atomic E-state index is 9.51. The molecule has 0 aliphatic rings. The van der Waals surface area contributed by atoms with Crippen LogP contribution in [-0.2, 0) is 0 Å². The first-order chi connectivity index (χ1) is 19.6. The average Bonchev–Trinajstić information content (AvgIpc) is 3.68. The molecule has 204 valence electrons. The highest BCUT2D eigenvalue weighted by Crippen LogP contribution is 2.32. The van der Waals surface area contributed by atoms with Crippen LogP contribution < -0.4 is 4.74 Å². The summed E-state index contributed by atoms with van der Waals surface area (Å²) in [5, 5.41) is 26.3. The lowest BCUT2D eigenvalue weighted by Gasteiger charge is -2.06. The zero-order valence-electron chi connectivity index (χ0n) is 22.5. The highest BCUT2D eigenvalue weighted by Gasteiger charge is 2.16. The molecule has 0 saturated carbocycles. The number of phenolic OH excluding ortho intramolecular Hbond substituents is 1. The lowest BCUT2D eigenvalue weighted by molar-refractivity contribution is 0.304. The standard InChI is InChI=1S/C32H32N4O4/c1-3-5-6-7-8-9-20-38-27-17-12-24(13-18-27)29-33-35-31(39-29)25-14-19-28(22(4-2)21-25)32-36-34-30(40-32)23-10-15-26(37)16-11-23/h4,10-19,21,37H,2-3,5-9,20H2,1H3. The molecule has 0 spiro atoms. The van der Waals surface area contributed by atoms with Crippen LogP contribution in [0.5, 0.6) is 11.5 Å². The maximum absolute atomic E-state index is 9.51. The molecule has 8 nitrogen and oxygen atoms in total. The molecule has 0 bridgehead atoms.